The lowest BCUT2D eigenvalue weighted by Gasteiger charge is -2.33. The first-order valence-electron chi connectivity index (χ1n) is 8.78. The van der Waals surface area contributed by atoms with E-state index in [0.29, 0.717) is 12.5 Å². The van der Waals surface area contributed by atoms with Gasteiger partial charge in [0, 0.05) is 36.7 Å². The maximum absolute atomic E-state index is 6.00. The number of nitrogens with zero attached hydrogens (tertiary/aromatic N) is 2. The molecule has 0 spiro atoms. The highest BCUT2D eigenvalue weighted by Crippen LogP contribution is 2.25. The highest BCUT2D eigenvalue weighted by atomic mass is 16.5. The molecule has 4 rings (SSSR count). The second-order valence-corrected chi connectivity index (χ2v) is 6.53. The zero-order chi connectivity index (χ0) is 17.1. The maximum atomic E-state index is 6.00. The van der Waals surface area contributed by atoms with E-state index in [2.05, 4.69) is 22.0 Å². The molecule has 0 radical (unpaired) electrons. The first-order valence-corrected chi connectivity index (χ1v) is 8.78. The first-order chi connectivity index (χ1) is 12.3. The summed E-state index contributed by atoms with van der Waals surface area (Å²) in [4.78, 5) is 10.3. The Bertz CT molecular complexity index is 846. The van der Waals surface area contributed by atoms with Crippen LogP contribution in [0.25, 0.3) is 11.0 Å². The van der Waals surface area contributed by atoms with Gasteiger partial charge in [0.25, 0.3) is 0 Å². The fourth-order valence-corrected chi connectivity index (χ4v) is 3.41. The van der Waals surface area contributed by atoms with Gasteiger partial charge < -0.3 is 19.4 Å². The molecule has 0 bridgehead atoms. The van der Waals surface area contributed by atoms with Crippen molar-refractivity contribution in [2.45, 2.75) is 12.8 Å². The number of H-pyrrole nitrogens is 1. The Balaban J connectivity index is 1.40. The van der Waals surface area contributed by atoms with Gasteiger partial charge in [-0.25, -0.2) is 4.98 Å². The van der Waals surface area contributed by atoms with Crippen molar-refractivity contribution in [2.24, 2.45) is 5.92 Å². The molecule has 3 heterocycles. The van der Waals surface area contributed by atoms with Crippen molar-refractivity contribution in [3.63, 3.8) is 0 Å². The van der Waals surface area contributed by atoms with Crippen LogP contribution >= 0.6 is 0 Å². The van der Waals surface area contributed by atoms with Crippen molar-refractivity contribution < 1.29 is 9.47 Å². The van der Waals surface area contributed by atoms with E-state index in [1.54, 1.807) is 7.11 Å². The number of aromatic amines is 1. The number of benzene rings is 1. The van der Waals surface area contributed by atoms with Crippen molar-refractivity contribution in [1.29, 1.82) is 0 Å². The fourth-order valence-electron chi connectivity index (χ4n) is 3.41. The van der Waals surface area contributed by atoms with Crippen LogP contribution < -0.4 is 14.4 Å². The van der Waals surface area contributed by atoms with Gasteiger partial charge in [-0.05, 0) is 43.2 Å². The quantitative estimate of drug-likeness (QED) is 0.768. The molecule has 130 valence electrons. The minimum atomic E-state index is 0.501. The number of fused-ring (bicyclic) bond motifs is 1. The third-order valence-corrected chi connectivity index (χ3v) is 4.76. The zero-order valence-electron chi connectivity index (χ0n) is 14.4. The van der Waals surface area contributed by atoms with Crippen molar-refractivity contribution in [1.82, 2.24) is 9.97 Å². The molecule has 1 aliphatic rings. The van der Waals surface area contributed by atoms with E-state index in [9.17, 15) is 0 Å². The Morgan fingerprint density at radius 1 is 1.20 bits per heavy atom. The summed E-state index contributed by atoms with van der Waals surface area (Å²) in [5.41, 5.74) is 0.951. The average Bonchev–Trinajstić information content (AvgIpc) is 3.14. The second kappa shape index (κ2) is 7.05. The maximum Gasteiger partial charge on any atom is 0.139 e. The number of aromatic nitrogens is 2. The number of rotatable bonds is 5. The standard InChI is InChI=1S/C20H23N3O2/c1-24-17-5-2-6-18(12-17)25-14-15-4-3-11-23(13-15)19-8-7-16-9-10-21-20(16)22-19/h2,5-10,12,15H,3-4,11,13-14H2,1H3,(H,21,22)/t15-/m1/s1. The number of ether oxygens (including phenoxy) is 2. The number of nitrogens with one attached hydrogen (secondary N) is 1. The molecule has 0 aliphatic carbocycles. The van der Waals surface area contributed by atoms with Crippen LogP contribution in [0.15, 0.2) is 48.7 Å². The van der Waals surface area contributed by atoms with Crippen LogP contribution in [-0.2, 0) is 0 Å². The van der Waals surface area contributed by atoms with Crippen LogP contribution in [0.4, 0.5) is 5.82 Å². The Kier molecular flexibility index (Phi) is 4.46. The predicted octanol–water partition coefficient (Wildman–Crippen LogP) is 3.87. The van der Waals surface area contributed by atoms with Crippen molar-refractivity contribution in [2.75, 3.05) is 31.7 Å². The molecule has 5 nitrogen and oxygen atoms in total. The molecule has 0 unspecified atom stereocenters. The summed E-state index contributed by atoms with van der Waals surface area (Å²) in [5.74, 6) is 3.23. The zero-order valence-corrected chi connectivity index (χ0v) is 14.4. The lowest BCUT2D eigenvalue weighted by atomic mass is 9.99. The van der Waals surface area contributed by atoms with Gasteiger partial charge in [0.2, 0.25) is 0 Å². The van der Waals surface area contributed by atoms with Gasteiger partial charge in [0.1, 0.15) is 23.0 Å². The van der Waals surface area contributed by atoms with Crippen LogP contribution in [0.2, 0.25) is 0 Å². The van der Waals surface area contributed by atoms with Gasteiger partial charge >= 0.3 is 0 Å². The fraction of sp³-hybridized carbons (Fsp3) is 0.350. The molecule has 1 aromatic carbocycles. The van der Waals surface area contributed by atoms with E-state index >= 15 is 0 Å². The number of piperidine rings is 1. The molecule has 1 saturated heterocycles. The molecule has 5 heteroatoms. The van der Waals surface area contributed by atoms with Gasteiger partial charge in [0.05, 0.1) is 13.7 Å². The van der Waals surface area contributed by atoms with Gasteiger partial charge in [-0.3, -0.25) is 0 Å². The van der Waals surface area contributed by atoms with Gasteiger partial charge in [-0.15, -0.1) is 0 Å². The van der Waals surface area contributed by atoms with E-state index < -0.39 is 0 Å². The summed E-state index contributed by atoms with van der Waals surface area (Å²) in [5, 5.41) is 1.15. The molecule has 25 heavy (non-hydrogen) atoms. The van der Waals surface area contributed by atoms with E-state index in [1.807, 2.05) is 36.5 Å². The second-order valence-electron chi connectivity index (χ2n) is 6.53. The number of hydrogen-bond acceptors (Lipinski definition) is 4. The smallest absolute Gasteiger partial charge is 0.139 e. The molecule has 3 aromatic rings. The van der Waals surface area contributed by atoms with Crippen LogP contribution in [-0.4, -0.2) is 36.8 Å². The van der Waals surface area contributed by atoms with Gasteiger partial charge in [-0.1, -0.05) is 6.07 Å². The highest BCUT2D eigenvalue weighted by molar-refractivity contribution is 5.77. The Morgan fingerprint density at radius 2 is 2.12 bits per heavy atom. The summed E-state index contributed by atoms with van der Waals surface area (Å²) in [6, 6.07) is 14.1. The minimum absolute atomic E-state index is 0.501. The molecule has 0 amide bonds. The minimum Gasteiger partial charge on any atom is -0.497 e. The molecule has 0 saturated carbocycles. The molecule has 1 N–H and O–H groups in total. The number of hydrogen-bond donors (Lipinski definition) is 1. The predicted molar refractivity (Wildman–Crippen MR) is 99.5 cm³/mol. The Morgan fingerprint density at radius 3 is 3.04 bits per heavy atom. The van der Waals surface area contributed by atoms with E-state index in [-0.39, 0.29) is 0 Å². The summed E-state index contributed by atoms with van der Waals surface area (Å²) < 4.78 is 11.2. The molecule has 1 atom stereocenters. The van der Waals surface area contributed by atoms with Gasteiger partial charge in [0.15, 0.2) is 0 Å². The van der Waals surface area contributed by atoms with E-state index in [0.717, 1.165) is 47.9 Å². The summed E-state index contributed by atoms with van der Waals surface area (Å²) in [6.07, 6.45) is 4.28. The number of anilines is 1. The van der Waals surface area contributed by atoms with Gasteiger partial charge in [-0.2, -0.15) is 0 Å². The number of methoxy groups -OCH3 is 1. The van der Waals surface area contributed by atoms with Crippen LogP contribution in [0, 0.1) is 5.92 Å². The summed E-state index contributed by atoms with van der Waals surface area (Å²) >= 11 is 0. The summed E-state index contributed by atoms with van der Waals surface area (Å²) in [7, 11) is 1.67. The van der Waals surface area contributed by atoms with E-state index in [4.69, 9.17) is 14.5 Å². The van der Waals surface area contributed by atoms with Crippen LogP contribution in [0.5, 0.6) is 11.5 Å². The molecule has 1 fully saturated rings. The summed E-state index contributed by atoms with van der Waals surface area (Å²) in [6.45, 7) is 2.74. The van der Waals surface area contributed by atoms with E-state index in [1.165, 1.54) is 6.42 Å². The lowest BCUT2D eigenvalue weighted by molar-refractivity contribution is 0.228. The molecular formula is C20H23N3O2. The topological polar surface area (TPSA) is 50.4 Å². The molecule has 2 aromatic heterocycles. The third-order valence-electron chi connectivity index (χ3n) is 4.76. The normalized spacial score (nSPS) is 17.6. The monoisotopic (exact) mass is 337 g/mol. The lowest BCUT2D eigenvalue weighted by Crippen LogP contribution is -2.38. The van der Waals surface area contributed by atoms with Crippen molar-refractivity contribution >= 4 is 16.9 Å². The first kappa shape index (κ1) is 15.8. The number of pyridine rings is 1. The average molecular weight is 337 g/mol. The van der Waals surface area contributed by atoms with Crippen molar-refractivity contribution in [3.05, 3.63) is 48.7 Å². The van der Waals surface area contributed by atoms with Crippen LogP contribution in [0.3, 0.4) is 0 Å². The van der Waals surface area contributed by atoms with Crippen LogP contribution in [0.1, 0.15) is 12.8 Å². The molecule has 1 aliphatic heterocycles. The van der Waals surface area contributed by atoms with Crippen molar-refractivity contribution in [3.8, 4) is 11.5 Å². The Hall–Kier alpha value is -2.69. The Labute approximate surface area is 147 Å². The largest absolute Gasteiger partial charge is 0.497 e. The highest BCUT2D eigenvalue weighted by Gasteiger charge is 2.22. The third kappa shape index (κ3) is 3.55. The molecular weight excluding hydrogens is 314 g/mol. The SMILES string of the molecule is COc1cccc(OC[C@@H]2CCCN(c3ccc4cc[nH]c4n3)C2)c1.